The molecule has 28 heavy (non-hydrogen) atoms. The number of thiazole rings is 1. The summed E-state index contributed by atoms with van der Waals surface area (Å²) in [5, 5.41) is 6.81. The zero-order chi connectivity index (χ0) is 19.9. The number of methoxy groups -OCH3 is 1. The van der Waals surface area contributed by atoms with Gasteiger partial charge in [0, 0.05) is 15.8 Å². The molecule has 3 rings (SSSR count). The Kier molecular flexibility index (Phi) is 6.90. The molecule has 0 aliphatic rings. The average Bonchev–Trinajstić information content (AvgIpc) is 3.14. The molecule has 6 heteroatoms. The number of benzene rings is 2. The van der Waals surface area contributed by atoms with Crippen molar-refractivity contribution in [2.45, 2.75) is 11.8 Å². The van der Waals surface area contributed by atoms with Crippen molar-refractivity contribution in [2.75, 3.05) is 19.9 Å². The highest BCUT2D eigenvalue weighted by Crippen LogP contribution is 2.23. The van der Waals surface area contributed by atoms with Crippen molar-refractivity contribution in [3.8, 4) is 17.0 Å². The van der Waals surface area contributed by atoms with Gasteiger partial charge < -0.3 is 4.74 Å². The van der Waals surface area contributed by atoms with Gasteiger partial charge in [0.05, 0.1) is 25.6 Å². The summed E-state index contributed by atoms with van der Waals surface area (Å²) < 4.78 is 7.15. The number of rotatable bonds is 7. The summed E-state index contributed by atoms with van der Waals surface area (Å²) >= 11 is 3.30. The fourth-order valence-corrected chi connectivity index (χ4v) is 3.74. The van der Waals surface area contributed by atoms with Crippen molar-refractivity contribution in [1.82, 2.24) is 4.68 Å². The minimum Gasteiger partial charge on any atom is -0.497 e. The van der Waals surface area contributed by atoms with E-state index in [4.69, 9.17) is 9.84 Å². The lowest BCUT2D eigenvalue weighted by Gasteiger charge is -2.05. The topological polar surface area (TPSA) is 38.9 Å². The zero-order valence-corrected chi connectivity index (χ0v) is 17.9. The fraction of sp³-hybridized carbons (Fsp3) is 0.182. The third kappa shape index (κ3) is 5.03. The van der Waals surface area contributed by atoms with Crippen LogP contribution in [0.15, 0.2) is 81.1 Å². The first kappa shape index (κ1) is 20.2. The van der Waals surface area contributed by atoms with Gasteiger partial charge in [0.25, 0.3) is 0 Å². The largest absolute Gasteiger partial charge is 0.497 e. The Bertz CT molecular complexity index is 1030. The van der Waals surface area contributed by atoms with Gasteiger partial charge in [0.15, 0.2) is 0 Å². The van der Waals surface area contributed by atoms with Gasteiger partial charge in [0.1, 0.15) is 5.75 Å². The summed E-state index contributed by atoms with van der Waals surface area (Å²) in [6.07, 6.45) is 3.93. The zero-order valence-electron chi connectivity index (χ0n) is 16.3. The summed E-state index contributed by atoms with van der Waals surface area (Å²) in [7, 11) is 1.67. The van der Waals surface area contributed by atoms with E-state index in [9.17, 15) is 0 Å². The van der Waals surface area contributed by atoms with Gasteiger partial charge in [-0.15, -0.1) is 23.1 Å². The lowest BCUT2D eigenvalue weighted by atomic mass is 10.2. The standard InChI is InChI=1S/C22H23N3OS2/c1-16(2)13-23-22-25(24-14-17-5-11-20(27-4)12-6-17)21(15-28-22)18-7-9-19(26-3)10-8-18/h5-12,14-15H,1,13H2,2-4H3. The Hall–Kier alpha value is -2.57. The van der Waals surface area contributed by atoms with Crippen molar-refractivity contribution in [2.24, 2.45) is 10.1 Å². The van der Waals surface area contributed by atoms with E-state index < -0.39 is 0 Å². The molecule has 0 amide bonds. The van der Waals surface area contributed by atoms with Crippen LogP contribution in [-0.4, -0.2) is 30.8 Å². The van der Waals surface area contributed by atoms with Crippen molar-refractivity contribution in [3.05, 3.63) is 76.4 Å². The molecular formula is C22H23N3OS2. The van der Waals surface area contributed by atoms with Crippen molar-refractivity contribution in [3.63, 3.8) is 0 Å². The minimum absolute atomic E-state index is 0.584. The van der Waals surface area contributed by atoms with Gasteiger partial charge >= 0.3 is 0 Å². The Balaban J connectivity index is 2.01. The predicted octanol–water partition coefficient (Wildman–Crippen LogP) is 5.31. The molecule has 2 aromatic carbocycles. The van der Waals surface area contributed by atoms with Crippen molar-refractivity contribution >= 4 is 29.3 Å². The second-order valence-corrected chi connectivity index (χ2v) is 7.95. The van der Waals surface area contributed by atoms with Gasteiger partial charge in [-0.2, -0.15) is 5.10 Å². The molecule has 1 heterocycles. The van der Waals surface area contributed by atoms with Crippen molar-refractivity contribution in [1.29, 1.82) is 0 Å². The van der Waals surface area contributed by atoms with E-state index in [-0.39, 0.29) is 0 Å². The molecule has 0 radical (unpaired) electrons. The first-order chi connectivity index (χ1) is 13.6. The molecule has 3 aromatic rings. The quantitative estimate of drug-likeness (QED) is 0.301. The van der Waals surface area contributed by atoms with Gasteiger partial charge in [-0.25, -0.2) is 4.68 Å². The van der Waals surface area contributed by atoms with Crippen LogP contribution < -0.4 is 9.54 Å². The third-order valence-electron chi connectivity index (χ3n) is 3.99. The predicted molar refractivity (Wildman–Crippen MR) is 121 cm³/mol. The molecular weight excluding hydrogens is 386 g/mol. The van der Waals surface area contributed by atoms with Crippen LogP contribution in [0.25, 0.3) is 11.3 Å². The Morgan fingerprint density at radius 1 is 1.18 bits per heavy atom. The average molecular weight is 410 g/mol. The Morgan fingerprint density at radius 3 is 2.50 bits per heavy atom. The minimum atomic E-state index is 0.584. The van der Waals surface area contributed by atoms with Crippen LogP contribution in [0.1, 0.15) is 12.5 Å². The number of ether oxygens (including phenoxy) is 1. The molecule has 0 saturated heterocycles. The fourth-order valence-electron chi connectivity index (χ4n) is 2.50. The summed E-state index contributed by atoms with van der Waals surface area (Å²) in [5.41, 5.74) is 4.11. The van der Waals surface area contributed by atoms with Crippen LogP contribution in [0.4, 0.5) is 0 Å². The number of aromatic nitrogens is 1. The van der Waals surface area contributed by atoms with E-state index in [1.54, 1.807) is 30.2 Å². The molecule has 0 N–H and O–H groups in total. The summed E-state index contributed by atoms with van der Waals surface area (Å²) in [4.78, 5) is 6.74. The van der Waals surface area contributed by atoms with Gasteiger partial charge in [-0.1, -0.05) is 24.3 Å². The van der Waals surface area contributed by atoms with Crippen molar-refractivity contribution < 1.29 is 4.74 Å². The van der Waals surface area contributed by atoms with E-state index in [0.29, 0.717) is 6.54 Å². The molecule has 0 aliphatic heterocycles. The van der Waals surface area contributed by atoms with E-state index in [1.165, 1.54) is 4.90 Å². The smallest absolute Gasteiger partial charge is 0.206 e. The van der Waals surface area contributed by atoms with Crippen LogP contribution in [0, 0.1) is 0 Å². The third-order valence-corrected chi connectivity index (χ3v) is 5.59. The Morgan fingerprint density at radius 2 is 1.89 bits per heavy atom. The maximum Gasteiger partial charge on any atom is 0.206 e. The molecule has 0 atom stereocenters. The molecule has 0 aliphatic carbocycles. The van der Waals surface area contributed by atoms with Crippen LogP contribution in [0.2, 0.25) is 0 Å². The maximum absolute atomic E-state index is 5.27. The van der Waals surface area contributed by atoms with E-state index in [0.717, 1.165) is 32.9 Å². The maximum atomic E-state index is 5.27. The number of hydrogen-bond donors (Lipinski definition) is 0. The lowest BCUT2D eigenvalue weighted by molar-refractivity contribution is 0.415. The van der Waals surface area contributed by atoms with E-state index in [2.05, 4.69) is 47.5 Å². The van der Waals surface area contributed by atoms with E-state index in [1.807, 2.05) is 42.1 Å². The number of hydrogen-bond acceptors (Lipinski definition) is 5. The van der Waals surface area contributed by atoms with Gasteiger partial charge in [-0.05, 0) is 55.1 Å². The number of thioether (sulfide) groups is 1. The summed E-state index contributed by atoms with van der Waals surface area (Å²) in [6, 6.07) is 16.3. The highest BCUT2D eigenvalue weighted by molar-refractivity contribution is 7.98. The summed E-state index contributed by atoms with van der Waals surface area (Å²) in [6.45, 7) is 6.50. The van der Waals surface area contributed by atoms with Crippen LogP contribution in [-0.2, 0) is 0 Å². The monoisotopic (exact) mass is 409 g/mol. The lowest BCUT2D eigenvalue weighted by Crippen LogP contribution is -2.13. The molecule has 0 saturated carbocycles. The first-order valence-corrected chi connectivity index (χ1v) is 10.9. The molecule has 0 bridgehead atoms. The SMILES string of the molecule is C=C(C)CN=c1scc(-c2ccc(OC)cc2)n1N=Cc1ccc(SC)cc1. The van der Waals surface area contributed by atoms with E-state index >= 15 is 0 Å². The Labute approximate surface area is 173 Å². The normalized spacial score (nSPS) is 11.9. The molecule has 0 spiro atoms. The second kappa shape index (κ2) is 9.57. The second-order valence-electron chi connectivity index (χ2n) is 6.23. The van der Waals surface area contributed by atoms with Crippen LogP contribution >= 0.6 is 23.1 Å². The number of nitrogens with zero attached hydrogens (tertiary/aromatic N) is 3. The highest BCUT2D eigenvalue weighted by Gasteiger charge is 2.08. The molecule has 0 unspecified atom stereocenters. The van der Waals surface area contributed by atoms with Crippen LogP contribution in [0.5, 0.6) is 5.75 Å². The van der Waals surface area contributed by atoms with Gasteiger partial charge in [0.2, 0.25) is 4.80 Å². The molecule has 1 aromatic heterocycles. The van der Waals surface area contributed by atoms with Crippen LogP contribution in [0.3, 0.4) is 0 Å². The molecule has 0 fully saturated rings. The highest BCUT2D eigenvalue weighted by atomic mass is 32.2. The van der Waals surface area contributed by atoms with Gasteiger partial charge in [-0.3, -0.25) is 4.99 Å². The summed E-state index contributed by atoms with van der Waals surface area (Å²) in [5.74, 6) is 0.829. The first-order valence-electron chi connectivity index (χ1n) is 8.79. The molecule has 144 valence electrons. The molecule has 4 nitrogen and oxygen atoms in total.